The predicted molar refractivity (Wildman–Crippen MR) is 154 cm³/mol. The van der Waals surface area contributed by atoms with Gasteiger partial charge in [0.2, 0.25) is 0 Å². The van der Waals surface area contributed by atoms with Gasteiger partial charge >= 0.3 is 6.03 Å². The first-order chi connectivity index (χ1) is 20.9. The Morgan fingerprint density at radius 1 is 1.14 bits per heavy atom. The molecule has 0 bridgehead atoms. The minimum absolute atomic E-state index is 0.120. The summed E-state index contributed by atoms with van der Waals surface area (Å²) >= 11 is 0. The number of nitrogens with one attached hydrogen (secondary N) is 1. The van der Waals surface area contributed by atoms with Crippen molar-refractivity contribution >= 4 is 28.8 Å². The molecule has 2 amide bonds. The van der Waals surface area contributed by atoms with Crippen molar-refractivity contribution in [3.05, 3.63) is 78.4 Å². The molecule has 0 saturated heterocycles. The van der Waals surface area contributed by atoms with E-state index in [2.05, 4.69) is 25.4 Å². The molecule has 0 aliphatic heterocycles. The van der Waals surface area contributed by atoms with E-state index in [1.165, 1.54) is 42.9 Å². The number of rotatable bonds is 10. The standard InChI is InChI=1S/C29H29FN10O3/c1-43-23-10-7-20(30)13-22(23)28(41)33-14-18-3-5-19(6-4-18)25-24-26(31)34-16-35-27(24)39(37-25)12-2-11-38(21-8-9-21)29(42)40-17-32-15-36-40/h3-7,10,13,15-17,21H,2,8-9,11-12,14H2,1H3,(H,33,41)(H2,31,34,35). The maximum Gasteiger partial charge on any atom is 0.346 e. The normalized spacial score (nSPS) is 12.8. The third kappa shape index (κ3) is 5.84. The van der Waals surface area contributed by atoms with E-state index in [0.717, 1.165) is 30.0 Å². The van der Waals surface area contributed by atoms with Crippen LogP contribution >= 0.6 is 0 Å². The molecule has 2 aromatic carbocycles. The van der Waals surface area contributed by atoms with Crippen molar-refractivity contribution in [2.45, 2.75) is 38.4 Å². The highest BCUT2D eigenvalue weighted by molar-refractivity contribution is 5.98. The largest absolute Gasteiger partial charge is 0.496 e. The first-order valence-electron chi connectivity index (χ1n) is 13.8. The third-order valence-corrected chi connectivity index (χ3v) is 7.26. The van der Waals surface area contributed by atoms with Crippen LogP contribution < -0.4 is 15.8 Å². The average Bonchev–Trinajstić information content (AvgIpc) is 3.56. The molecular weight excluding hydrogens is 555 g/mol. The summed E-state index contributed by atoms with van der Waals surface area (Å²) in [6, 6.07) is 11.3. The summed E-state index contributed by atoms with van der Waals surface area (Å²) in [5, 5.41) is 12.2. The van der Waals surface area contributed by atoms with Gasteiger partial charge in [-0.1, -0.05) is 24.3 Å². The van der Waals surface area contributed by atoms with Crippen LogP contribution in [0.2, 0.25) is 0 Å². The molecule has 3 heterocycles. The van der Waals surface area contributed by atoms with Crippen molar-refractivity contribution in [1.82, 2.24) is 44.7 Å². The molecule has 6 rings (SSSR count). The Morgan fingerprint density at radius 2 is 1.95 bits per heavy atom. The average molecular weight is 585 g/mol. The van der Waals surface area contributed by atoms with Gasteiger partial charge in [0.1, 0.15) is 42.1 Å². The number of aromatic nitrogens is 7. The summed E-state index contributed by atoms with van der Waals surface area (Å²) in [6.45, 7) is 1.26. The molecule has 3 N–H and O–H groups in total. The number of fused-ring (bicyclic) bond motifs is 1. The second-order valence-electron chi connectivity index (χ2n) is 10.2. The van der Waals surface area contributed by atoms with Crippen LogP contribution in [0, 0.1) is 5.82 Å². The van der Waals surface area contributed by atoms with E-state index in [9.17, 15) is 14.0 Å². The smallest absolute Gasteiger partial charge is 0.346 e. The molecule has 1 saturated carbocycles. The Balaban J connectivity index is 1.16. The van der Waals surface area contributed by atoms with Crippen LogP contribution in [0.5, 0.6) is 5.75 Å². The van der Waals surface area contributed by atoms with Gasteiger partial charge < -0.3 is 20.7 Å². The monoisotopic (exact) mass is 584 g/mol. The zero-order valence-corrected chi connectivity index (χ0v) is 23.4. The van der Waals surface area contributed by atoms with Crippen LogP contribution in [-0.2, 0) is 13.1 Å². The molecule has 0 radical (unpaired) electrons. The van der Waals surface area contributed by atoms with Crippen molar-refractivity contribution in [1.29, 1.82) is 0 Å². The number of halogens is 1. The van der Waals surface area contributed by atoms with E-state index in [0.29, 0.717) is 47.8 Å². The molecule has 5 aromatic rings. The third-order valence-electron chi connectivity index (χ3n) is 7.26. The molecule has 1 aliphatic carbocycles. The first-order valence-corrected chi connectivity index (χ1v) is 13.8. The number of nitrogens with two attached hydrogens (primary N) is 1. The van der Waals surface area contributed by atoms with Gasteiger partial charge in [-0.05, 0) is 43.0 Å². The zero-order valence-electron chi connectivity index (χ0n) is 23.4. The van der Waals surface area contributed by atoms with Crippen molar-refractivity contribution in [3.8, 4) is 17.0 Å². The maximum absolute atomic E-state index is 13.7. The van der Waals surface area contributed by atoms with Crippen LogP contribution in [0.25, 0.3) is 22.3 Å². The molecule has 1 aliphatic rings. The number of anilines is 1. The minimum atomic E-state index is -0.522. The second-order valence-corrected chi connectivity index (χ2v) is 10.2. The van der Waals surface area contributed by atoms with Crippen LogP contribution in [0.3, 0.4) is 0 Å². The van der Waals surface area contributed by atoms with E-state index in [1.54, 1.807) is 4.68 Å². The summed E-state index contributed by atoms with van der Waals surface area (Å²) in [4.78, 5) is 39.9. The number of nitrogen functional groups attached to an aromatic ring is 1. The fraction of sp³-hybridized carbons (Fsp3) is 0.276. The topological polar surface area (TPSA) is 159 Å². The lowest BCUT2D eigenvalue weighted by Gasteiger charge is -2.21. The van der Waals surface area contributed by atoms with Gasteiger partial charge in [-0.15, -0.1) is 0 Å². The van der Waals surface area contributed by atoms with Gasteiger partial charge in [-0.3, -0.25) is 4.79 Å². The number of aryl methyl sites for hydroxylation is 1. The summed E-state index contributed by atoms with van der Waals surface area (Å²) < 4.78 is 21.9. The quantitative estimate of drug-likeness (QED) is 0.251. The highest BCUT2D eigenvalue weighted by Crippen LogP contribution is 2.31. The van der Waals surface area contributed by atoms with Crippen LogP contribution in [0.4, 0.5) is 15.0 Å². The van der Waals surface area contributed by atoms with Crippen molar-refractivity contribution < 1.29 is 18.7 Å². The Bertz CT molecular complexity index is 1770. The van der Waals surface area contributed by atoms with Gasteiger partial charge in [0.25, 0.3) is 5.91 Å². The molecule has 1 fully saturated rings. The number of nitrogens with zero attached hydrogens (tertiary/aromatic N) is 8. The fourth-order valence-corrected chi connectivity index (χ4v) is 4.95. The van der Waals surface area contributed by atoms with E-state index in [4.69, 9.17) is 15.6 Å². The molecule has 43 heavy (non-hydrogen) atoms. The number of benzene rings is 2. The van der Waals surface area contributed by atoms with Crippen molar-refractivity contribution in [3.63, 3.8) is 0 Å². The van der Waals surface area contributed by atoms with E-state index < -0.39 is 11.7 Å². The SMILES string of the molecule is COc1ccc(F)cc1C(=O)NCc1ccc(-c2nn(CCCN(C(=O)n3cncn3)C3CC3)c3ncnc(N)c23)cc1. The lowest BCUT2D eigenvalue weighted by Crippen LogP contribution is -2.38. The van der Waals surface area contributed by atoms with Gasteiger partial charge in [0.05, 0.1) is 18.1 Å². The van der Waals surface area contributed by atoms with E-state index >= 15 is 0 Å². The predicted octanol–water partition coefficient (Wildman–Crippen LogP) is 3.27. The Morgan fingerprint density at radius 3 is 2.67 bits per heavy atom. The summed E-state index contributed by atoms with van der Waals surface area (Å²) in [5.41, 5.74) is 9.25. The lowest BCUT2D eigenvalue weighted by molar-refractivity contribution is 0.0947. The first kappa shape index (κ1) is 27.8. The zero-order chi connectivity index (χ0) is 29.9. The molecular formula is C29H29FN10O3. The lowest BCUT2D eigenvalue weighted by atomic mass is 10.1. The Hall–Kier alpha value is -5.40. The van der Waals surface area contributed by atoms with E-state index in [1.807, 2.05) is 29.2 Å². The molecule has 0 unspecified atom stereocenters. The summed E-state index contributed by atoms with van der Waals surface area (Å²) in [5.74, 6) is -0.366. The van der Waals surface area contributed by atoms with Crippen LogP contribution in [0.1, 0.15) is 35.2 Å². The van der Waals surface area contributed by atoms with Crippen LogP contribution in [-0.4, -0.2) is 71.0 Å². The molecule has 3 aromatic heterocycles. The second kappa shape index (κ2) is 11.8. The summed E-state index contributed by atoms with van der Waals surface area (Å²) in [6.07, 6.45) is 6.74. The number of hydrogen-bond acceptors (Lipinski definition) is 9. The highest BCUT2D eigenvalue weighted by Gasteiger charge is 2.33. The summed E-state index contributed by atoms with van der Waals surface area (Å²) in [7, 11) is 1.43. The Kier molecular flexibility index (Phi) is 7.64. The van der Waals surface area contributed by atoms with E-state index in [-0.39, 0.29) is 24.2 Å². The van der Waals surface area contributed by atoms with Gasteiger partial charge in [-0.2, -0.15) is 14.9 Å². The highest BCUT2D eigenvalue weighted by atomic mass is 19.1. The van der Waals surface area contributed by atoms with Gasteiger partial charge in [0.15, 0.2) is 5.65 Å². The number of amides is 2. The van der Waals surface area contributed by atoms with Gasteiger partial charge in [0, 0.05) is 31.2 Å². The van der Waals surface area contributed by atoms with Crippen molar-refractivity contribution in [2.75, 3.05) is 19.4 Å². The number of ether oxygens (including phenoxy) is 1. The molecule has 0 spiro atoms. The number of carbonyl (C=O) groups is 2. The van der Waals surface area contributed by atoms with Gasteiger partial charge in [-0.25, -0.2) is 28.8 Å². The number of carbonyl (C=O) groups excluding carboxylic acids is 2. The maximum atomic E-state index is 13.7. The Labute approximate surface area is 245 Å². The molecule has 220 valence electrons. The molecule has 14 heteroatoms. The van der Waals surface area contributed by atoms with Crippen molar-refractivity contribution in [2.24, 2.45) is 0 Å². The minimum Gasteiger partial charge on any atom is -0.496 e. The van der Waals surface area contributed by atoms with Crippen LogP contribution in [0.15, 0.2) is 61.4 Å². The number of methoxy groups -OCH3 is 1. The fourth-order valence-electron chi connectivity index (χ4n) is 4.95. The number of hydrogen-bond donors (Lipinski definition) is 2. The molecule has 13 nitrogen and oxygen atoms in total. The molecule has 0 atom stereocenters.